The molecular weight excluding hydrogens is 196 g/mol. The van der Waals surface area contributed by atoms with Crippen molar-refractivity contribution in [3.63, 3.8) is 0 Å². The summed E-state index contributed by atoms with van der Waals surface area (Å²) in [5.74, 6) is 0.966. The van der Waals surface area contributed by atoms with Crippen molar-refractivity contribution in [1.29, 1.82) is 0 Å². The first-order valence-corrected chi connectivity index (χ1v) is 6.16. The van der Waals surface area contributed by atoms with Gasteiger partial charge in [0.15, 0.2) is 0 Å². The van der Waals surface area contributed by atoms with Crippen LogP contribution in [0.15, 0.2) is 18.2 Å². The molecule has 88 valence electrons. The molecule has 0 aromatic heterocycles. The van der Waals surface area contributed by atoms with Crippen LogP contribution in [0.2, 0.25) is 0 Å². The fourth-order valence-corrected chi connectivity index (χ4v) is 2.16. The van der Waals surface area contributed by atoms with Gasteiger partial charge >= 0.3 is 0 Å². The van der Waals surface area contributed by atoms with Gasteiger partial charge in [0.25, 0.3) is 0 Å². The molecule has 0 aliphatic heterocycles. The van der Waals surface area contributed by atoms with Crippen molar-refractivity contribution in [2.75, 3.05) is 13.6 Å². The number of aryl methyl sites for hydroxylation is 1. The van der Waals surface area contributed by atoms with E-state index in [0.717, 1.165) is 12.5 Å². The molecule has 1 aliphatic carbocycles. The van der Waals surface area contributed by atoms with E-state index in [1.54, 1.807) is 0 Å². The molecule has 1 saturated carbocycles. The molecule has 1 aliphatic rings. The fourth-order valence-electron chi connectivity index (χ4n) is 2.16. The number of hydrogen-bond acceptors (Lipinski definition) is 2. The number of benzene rings is 1. The van der Waals surface area contributed by atoms with Crippen LogP contribution in [0.25, 0.3) is 0 Å². The molecule has 2 nitrogen and oxygen atoms in total. The van der Waals surface area contributed by atoms with Crippen molar-refractivity contribution in [3.05, 3.63) is 34.9 Å². The maximum absolute atomic E-state index is 5.63. The van der Waals surface area contributed by atoms with E-state index in [9.17, 15) is 0 Å². The molecule has 2 rings (SSSR count). The van der Waals surface area contributed by atoms with Gasteiger partial charge in [-0.1, -0.05) is 18.2 Å². The Morgan fingerprint density at radius 2 is 2.12 bits per heavy atom. The lowest BCUT2D eigenvalue weighted by Crippen LogP contribution is -2.20. The molecule has 1 fully saturated rings. The summed E-state index contributed by atoms with van der Waals surface area (Å²) in [5.41, 5.74) is 9.66. The highest BCUT2D eigenvalue weighted by Gasteiger charge is 2.22. The second kappa shape index (κ2) is 4.98. The van der Waals surface area contributed by atoms with Gasteiger partial charge in [-0.05, 0) is 49.4 Å². The van der Waals surface area contributed by atoms with Gasteiger partial charge in [0.2, 0.25) is 0 Å². The van der Waals surface area contributed by atoms with Crippen molar-refractivity contribution in [3.8, 4) is 0 Å². The Balaban J connectivity index is 1.96. The van der Waals surface area contributed by atoms with Gasteiger partial charge in [0.05, 0.1) is 0 Å². The van der Waals surface area contributed by atoms with Gasteiger partial charge in [-0.25, -0.2) is 0 Å². The highest BCUT2D eigenvalue weighted by molar-refractivity contribution is 5.30. The van der Waals surface area contributed by atoms with Crippen LogP contribution in [-0.2, 0) is 13.1 Å². The molecule has 0 radical (unpaired) electrons. The van der Waals surface area contributed by atoms with Crippen LogP contribution in [0.5, 0.6) is 0 Å². The molecule has 0 amide bonds. The molecular formula is C14H22N2. The molecule has 1 aromatic rings. The summed E-state index contributed by atoms with van der Waals surface area (Å²) in [6.45, 7) is 5.13. The van der Waals surface area contributed by atoms with Crippen LogP contribution < -0.4 is 5.73 Å². The standard InChI is InChI=1S/C14H22N2/c1-11-7-13(8-15)5-6-14(11)10-16(2)9-12-3-4-12/h5-7,12H,3-4,8-10,15H2,1-2H3. The fraction of sp³-hybridized carbons (Fsp3) is 0.571. The number of rotatable bonds is 5. The summed E-state index contributed by atoms with van der Waals surface area (Å²) in [4.78, 5) is 2.43. The van der Waals surface area contributed by atoms with E-state index in [0.29, 0.717) is 6.54 Å². The third kappa shape index (κ3) is 3.06. The molecule has 0 atom stereocenters. The first-order valence-electron chi connectivity index (χ1n) is 6.16. The van der Waals surface area contributed by atoms with Crippen LogP contribution in [0.3, 0.4) is 0 Å². The van der Waals surface area contributed by atoms with E-state index in [4.69, 9.17) is 5.73 Å². The van der Waals surface area contributed by atoms with E-state index >= 15 is 0 Å². The van der Waals surface area contributed by atoms with Crippen LogP contribution in [0, 0.1) is 12.8 Å². The Bertz CT molecular complexity index is 356. The average molecular weight is 218 g/mol. The quantitative estimate of drug-likeness (QED) is 0.821. The zero-order valence-corrected chi connectivity index (χ0v) is 10.4. The van der Waals surface area contributed by atoms with Gasteiger partial charge in [-0.3, -0.25) is 0 Å². The molecule has 2 N–H and O–H groups in total. The predicted molar refractivity (Wildman–Crippen MR) is 68.1 cm³/mol. The summed E-state index contributed by atoms with van der Waals surface area (Å²) >= 11 is 0. The molecule has 0 bridgehead atoms. The SMILES string of the molecule is Cc1cc(CN)ccc1CN(C)CC1CC1. The van der Waals surface area contributed by atoms with Crippen molar-refractivity contribution in [1.82, 2.24) is 4.90 Å². The van der Waals surface area contributed by atoms with Crippen molar-refractivity contribution in [2.24, 2.45) is 11.7 Å². The van der Waals surface area contributed by atoms with Crippen LogP contribution in [0.1, 0.15) is 29.5 Å². The maximum Gasteiger partial charge on any atom is 0.0233 e. The Morgan fingerprint density at radius 3 is 2.69 bits per heavy atom. The Hall–Kier alpha value is -0.860. The Morgan fingerprint density at radius 1 is 1.38 bits per heavy atom. The lowest BCUT2D eigenvalue weighted by Gasteiger charge is -2.18. The number of nitrogens with zero attached hydrogens (tertiary/aromatic N) is 1. The third-order valence-corrected chi connectivity index (χ3v) is 3.35. The van der Waals surface area contributed by atoms with Gasteiger partial charge in [0.1, 0.15) is 0 Å². The largest absolute Gasteiger partial charge is 0.326 e. The maximum atomic E-state index is 5.63. The highest BCUT2D eigenvalue weighted by atomic mass is 15.1. The van der Waals surface area contributed by atoms with E-state index < -0.39 is 0 Å². The van der Waals surface area contributed by atoms with Gasteiger partial charge in [0, 0.05) is 19.6 Å². The van der Waals surface area contributed by atoms with E-state index in [-0.39, 0.29) is 0 Å². The van der Waals surface area contributed by atoms with Gasteiger partial charge < -0.3 is 10.6 Å². The summed E-state index contributed by atoms with van der Waals surface area (Å²) in [5, 5.41) is 0. The molecule has 0 heterocycles. The molecule has 2 heteroatoms. The topological polar surface area (TPSA) is 29.3 Å². The smallest absolute Gasteiger partial charge is 0.0233 e. The zero-order chi connectivity index (χ0) is 11.5. The van der Waals surface area contributed by atoms with Crippen LogP contribution >= 0.6 is 0 Å². The van der Waals surface area contributed by atoms with Crippen LogP contribution in [0.4, 0.5) is 0 Å². The second-order valence-corrected chi connectivity index (χ2v) is 5.11. The highest BCUT2D eigenvalue weighted by Crippen LogP contribution is 2.29. The number of hydrogen-bond donors (Lipinski definition) is 1. The average Bonchev–Trinajstić information content (AvgIpc) is 3.05. The summed E-state index contributed by atoms with van der Waals surface area (Å²) < 4.78 is 0. The minimum Gasteiger partial charge on any atom is -0.326 e. The van der Waals surface area contributed by atoms with E-state index in [1.165, 1.54) is 36.1 Å². The van der Waals surface area contributed by atoms with Crippen molar-refractivity contribution >= 4 is 0 Å². The third-order valence-electron chi connectivity index (χ3n) is 3.35. The summed E-state index contributed by atoms with van der Waals surface area (Å²) in [6.07, 6.45) is 2.85. The normalized spacial score (nSPS) is 15.8. The molecule has 1 aromatic carbocycles. The molecule has 16 heavy (non-hydrogen) atoms. The summed E-state index contributed by atoms with van der Waals surface area (Å²) in [6, 6.07) is 6.58. The van der Waals surface area contributed by atoms with E-state index in [1.807, 2.05) is 0 Å². The Labute approximate surface area is 98.4 Å². The monoisotopic (exact) mass is 218 g/mol. The molecule has 0 spiro atoms. The minimum atomic E-state index is 0.638. The first-order chi connectivity index (χ1) is 7.69. The van der Waals surface area contributed by atoms with Crippen LogP contribution in [-0.4, -0.2) is 18.5 Å². The summed E-state index contributed by atoms with van der Waals surface area (Å²) in [7, 11) is 2.22. The minimum absolute atomic E-state index is 0.638. The number of nitrogens with two attached hydrogens (primary N) is 1. The second-order valence-electron chi connectivity index (χ2n) is 5.11. The zero-order valence-electron chi connectivity index (χ0n) is 10.4. The molecule has 0 unspecified atom stereocenters. The van der Waals surface area contributed by atoms with Crippen molar-refractivity contribution < 1.29 is 0 Å². The Kier molecular flexibility index (Phi) is 3.62. The van der Waals surface area contributed by atoms with E-state index in [2.05, 4.69) is 37.1 Å². The van der Waals surface area contributed by atoms with Gasteiger partial charge in [-0.15, -0.1) is 0 Å². The lowest BCUT2D eigenvalue weighted by molar-refractivity contribution is 0.312. The van der Waals surface area contributed by atoms with Gasteiger partial charge in [-0.2, -0.15) is 0 Å². The molecule has 0 saturated heterocycles. The van der Waals surface area contributed by atoms with Crippen molar-refractivity contribution in [2.45, 2.75) is 32.9 Å². The first kappa shape index (κ1) is 11.6. The lowest BCUT2D eigenvalue weighted by atomic mass is 10.0. The predicted octanol–water partition coefficient (Wildman–Crippen LogP) is 2.30.